The molecule has 5 heteroatoms. The number of nitrogens with two attached hydrogens (primary N) is 1. The van der Waals surface area contributed by atoms with Crippen LogP contribution < -0.4 is 16.6 Å². The zero-order chi connectivity index (χ0) is 15.2. The van der Waals surface area contributed by atoms with Gasteiger partial charge in [-0.3, -0.25) is 4.79 Å². The Morgan fingerprint density at radius 3 is 2.57 bits per heavy atom. The molecule has 0 aliphatic carbocycles. The molecule has 0 unspecified atom stereocenters. The number of pyridine rings is 1. The van der Waals surface area contributed by atoms with Gasteiger partial charge in [-0.1, -0.05) is 44.2 Å². The maximum Gasteiger partial charge on any atom is 0.251 e. The number of nitrogen functional groups attached to an aromatic ring is 1. The van der Waals surface area contributed by atoms with Gasteiger partial charge in [0.2, 0.25) is 0 Å². The van der Waals surface area contributed by atoms with Gasteiger partial charge >= 0.3 is 0 Å². The lowest BCUT2D eigenvalue weighted by Crippen LogP contribution is -2.23. The normalized spacial score (nSPS) is 10.5. The van der Waals surface area contributed by atoms with E-state index in [0.717, 1.165) is 11.3 Å². The number of hydrazine groups is 1. The van der Waals surface area contributed by atoms with Crippen molar-refractivity contribution >= 4 is 11.7 Å². The zero-order valence-corrected chi connectivity index (χ0v) is 12.3. The molecule has 0 fully saturated rings. The fraction of sp³-hybridized carbons (Fsp3) is 0.250. The number of hydrogen-bond acceptors (Lipinski definition) is 4. The van der Waals surface area contributed by atoms with E-state index in [9.17, 15) is 4.79 Å². The van der Waals surface area contributed by atoms with Gasteiger partial charge in [0.25, 0.3) is 5.91 Å². The van der Waals surface area contributed by atoms with Crippen LogP contribution in [0.2, 0.25) is 0 Å². The van der Waals surface area contributed by atoms with Gasteiger partial charge in [-0.25, -0.2) is 10.8 Å². The number of aromatic nitrogens is 1. The van der Waals surface area contributed by atoms with E-state index in [1.807, 2.05) is 44.2 Å². The van der Waals surface area contributed by atoms with Crippen molar-refractivity contribution < 1.29 is 4.79 Å². The number of carbonyl (C=O) groups is 1. The van der Waals surface area contributed by atoms with Gasteiger partial charge in [0.15, 0.2) is 0 Å². The van der Waals surface area contributed by atoms with Crippen LogP contribution in [0.15, 0.2) is 42.5 Å². The third kappa shape index (κ3) is 4.03. The molecular formula is C16H20N4O. The Morgan fingerprint density at radius 2 is 1.95 bits per heavy atom. The molecule has 1 amide bonds. The van der Waals surface area contributed by atoms with Crippen LogP contribution in [0.1, 0.15) is 41.4 Å². The molecule has 1 aromatic carbocycles. The highest BCUT2D eigenvalue weighted by atomic mass is 16.1. The molecule has 0 aliphatic rings. The number of amides is 1. The summed E-state index contributed by atoms with van der Waals surface area (Å²) >= 11 is 0. The van der Waals surface area contributed by atoms with E-state index in [2.05, 4.69) is 15.7 Å². The average Bonchev–Trinajstić information content (AvgIpc) is 2.53. The lowest BCUT2D eigenvalue weighted by Gasteiger charge is -2.11. The minimum atomic E-state index is -0.139. The lowest BCUT2D eigenvalue weighted by atomic mass is 10.1. The molecule has 1 aromatic heterocycles. The third-order valence-corrected chi connectivity index (χ3v) is 3.14. The second-order valence-electron chi connectivity index (χ2n) is 5.13. The summed E-state index contributed by atoms with van der Waals surface area (Å²) in [5.74, 6) is 5.98. The molecule has 110 valence electrons. The average molecular weight is 284 g/mol. The van der Waals surface area contributed by atoms with Gasteiger partial charge in [-0.15, -0.1) is 0 Å². The molecule has 2 aromatic rings. The first kappa shape index (κ1) is 15.0. The van der Waals surface area contributed by atoms with Crippen molar-refractivity contribution in [2.24, 2.45) is 5.84 Å². The van der Waals surface area contributed by atoms with E-state index < -0.39 is 0 Å². The van der Waals surface area contributed by atoms with E-state index in [0.29, 0.717) is 17.9 Å². The van der Waals surface area contributed by atoms with Gasteiger partial charge in [0.1, 0.15) is 5.82 Å². The van der Waals surface area contributed by atoms with Gasteiger partial charge < -0.3 is 10.7 Å². The first-order chi connectivity index (χ1) is 10.1. The van der Waals surface area contributed by atoms with Crippen molar-refractivity contribution in [3.63, 3.8) is 0 Å². The fourth-order valence-corrected chi connectivity index (χ4v) is 1.93. The molecule has 1 heterocycles. The summed E-state index contributed by atoms with van der Waals surface area (Å²) in [5.41, 5.74) is 4.94. The predicted octanol–water partition coefficient (Wildman–Crippen LogP) is 2.42. The quantitative estimate of drug-likeness (QED) is 0.582. The van der Waals surface area contributed by atoms with Gasteiger partial charge in [0, 0.05) is 17.8 Å². The molecule has 2 rings (SSSR count). The second-order valence-corrected chi connectivity index (χ2v) is 5.13. The summed E-state index contributed by atoms with van der Waals surface area (Å²) in [5, 5.41) is 2.90. The largest absolute Gasteiger partial charge is 0.348 e. The predicted molar refractivity (Wildman–Crippen MR) is 83.7 cm³/mol. The molecule has 0 saturated carbocycles. The third-order valence-electron chi connectivity index (χ3n) is 3.14. The highest BCUT2D eigenvalue weighted by Gasteiger charge is 2.11. The van der Waals surface area contributed by atoms with Gasteiger partial charge in [0.05, 0.1) is 0 Å². The number of carbonyl (C=O) groups excluding carboxylic acids is 1. The van der Waals surface area contributed by atoms with E-state index >= 15 is 0 Å². The Bertz CT molecular complexity index is 611. The topological polar surface area (TPSA) is 80.0 Å². The van der Waals surface area contributed by atoms with E-state index in [1.165, 1.54) is 0 Å². The Balaban J connectivity index is 2.13. The van der Waals surface area contributed by atoms with Crippen LogP contribution in [0, 0.1) is 0 Å². The number of anilines is 1. The Morgan fingerprint density at radius 1 is 1.24 bits per heavy atom. The van der Waals surface area contributed by atoms with Gasteiger partial charge in [-0.2, -0.15) is 0 Å². The second kappa shape index (κ2) is 6.85. The Labute approximate surface area is 124 Å². The maximum absolute atomic E-state index is 12.3. The monoisotopic (exact) mass is 284 g/mol. The molecule has 21 heavy (non-hydrogen) atoms. The van der Waals surface area contributed by atoms with Crippen molar-refractivity contribution in [3.8, 4) is 0 Å². The van der Waals surface area contributed by atoms with Crippen molar-refractivity contribution in [1.29, 1.82) is 0 Å². The molecule has 0 aliphatic heterocycles. The minimum Gasteiger partial charge on any atom is -0.348 e. The van der Waals surface area contributed by atoms with E-state index in [4.69, 9.17) is 5.84 Å². The molecule has 0 bridgehead atoms. The fourth-order valence-electron chi connectivity index (χ4n) is 1.93. The van der Waals surface area contributed by atoms with Crippen molar-refractivity contribution in [1.82, 2.24) is 10.3 Å². The van der Waals surface area contributed by atoms with E-state index in [-0.39, 0.29) is 11.8 Å². The van der Waals surface area contributed by atoms with Gasteiger partial charge in [-0.05, 0) is 23.6 Å². The summed E-state index contributed by atoms with van der Waals surface area (Å²) < 4.78 is 0. The van der Waals surface area contributed by atoms with Crippen LogP contribution in [0.4, 0.5) is 5.82 Å². The summed E-state index contributed by atoms with van der Waals surface area (Å²) in [7, 11) is 0. The van der Waals surface area contributed by atoms with Crippen molar-refractivity contribution in [2.75, 3.05) is 5.43 Å². The zero-order valence-electron chi connectivity index (χ0n) is 12.3. The number of nitrogens with zero attached hydrogens (tertiary/aromatic N) is 1. The maximum atomic E-state index is 12.3. The Hall–Kier alpha value is -2.40. The van der Waals surface area contributed by atoms with Crippen LogP contribution in [-0.4, -0.2) is 10.9 Å². The number of nitrogens with one attached hydrogen (secondary N) is 2. The van der Waals surface area contributed by atoms with Crippen LogP contribution in [0.5, 0.6) is 0 Å². The van der Waals surface area contributed by atoms with Crippen LogP contribution in [0.25, 0.3) is 0 Å². The van der Waals surface area contributed by atoms with Crippen molar-refractivity contribution in [3.05, 3.63) is 59.3 Å². The molecule has 4 N–H and O–H groups in total. The highest BCUT2D eigenvalue weighted by molar-refractivity contribution is 5.95. The molecule has 5 nitrogen and oxygen atoms in total. The number of benzene rings is 1. The van der Waals surface area contributed by atoms with E-state index in [1.54, 1.807) is 12.1 Å². The Kier molecular flexibility index (Phi) is 4.90. The first-order valence-corrected chi connectivity index (χ1v) is 6.91. The molecule has 0 radical (unpaired) electrons. The summed E-state index contributed by atoms with van der Waals surface area (Å²) in [6.45, 7) is 4.53. The van der Waals surface area contributed by atoms with Crippen LogP contribution >= 0.6 is 0 Å². The SMILES string of the molecule is CC(C)c1cc(C(=O)NCc2ccccc2)cc(NN)n1. The lowest BCUT2D eigenvalue weighted by molar-refractivity contribution is 0.0950. The molecule has 0 atom stereocenters. The highest BCUT2D eigenvalue weighted by Crippen LogP contribution is 2.17. The van der Waals surface area contributed by atoms with Crippen LogP contribution in [-0.2, 0) is 6.54 Å². The number of rotatable bonds is 5. The summed E-state index contributed by atoms with van der Waals surface area (Å²) in [4.78, 5) is 16.6. The van der Waals surface area contributed by atoms with Crippen molar-refractivity contribution in [2.45, 2.75) is 26.3 Å². The molecule has 0 saturated heterocycles. The standard InChI is InChI=1S/C16H20N4O/c1-11(2)14-8-13(9-15(19-14)20-17)16(21)18-10-12-6-4-3-5-7-12/h3-9,11H,10,17H2,1-2H3,(H,18,21)(H,19,20). The smallest absolute Gasteiger partial charge is 0.251 e. The summed E-state index contributed by atoms with van der Waals surface area (Å²) in [6, 6.07) is 13.2. The minimum absolute atomic E-state index is 0.139. The molecule has 0 spiro atoms. The number of hydrogen-bond donors (Lipinski definition) is 3. The summed E-state index contributed by atoms with van der Waals surface area (Å²) in [6.07, 6.45) is 0. The van der Waals surface area contributed by atoms with Crippen LogP contribution in [0.3, 0.4) is 0 Å². The first-order valence-electron chi connectivity index (χ1n) is 6.91. The molecular weight excluding hydrogens is 264 g/mol.